The lowest BCUT2D eigenvalue weighted by atomic mass is 9.93. The van der Waals surface area contributed by atoms with E-state index in [0.29, 0.717) is 19.5 Å². The molecule has 1 aliphatic heterocycles. The van der Waals surface area contributed by atoms with Gasteiger partial charge in [-0.05, 0) is 36.2 Å². The van der Waals surface area contributed by atoms with Crippen LogP contribution in [0.2, 0.25) is 0 Å². The van der Waals surface area contributed by atoms with Crippen molar-refractivity contribution in [3.63, 3.8) is 0 Å². The number of carbonyl (C=O) groups excluding carboxylic acids is 1. The first-order chi connectivity index (χ1) is 11.7. The molecule has 0 radical (unpaired) electrons. The average Bonchev–Trinajstić information content (AvgIpc) is 3.12. The molecular formula is C19H24N2O3. The van der Waals surface area contributed by atoms with E-state index in [1.807, 2.05) is 24.3 Å². The van der Waals surface area contributed by atoms with Crippen molar-refractivity contribution in [2.45, 2.75) is 32.5 Å². The fourth-order valence-electron chi connectivity index (χ4n) is 3.34. The van der Waals surface area contributed by atoms with E-state index < -0.39 is 0 Å². The number of amides is 1. The van der Waals surface area contributed by atoms with Crippen molar-refractivity contribution in [1.29, 1.82) is 0 Å². The second kappa shape index (κ2) is 7.64. The van der Waals surface area contributed by atoms with Crippen molar-refractivity contribution in [3.8, 4) is 0 Å². The molecule has 2 heterocycles. The standard InChI is InChI=1S/C19H24N2O3/c1-2-20-13-16-7-4-3-6-15(16)12-18(20)19(23)21(9-10-22)14-17-8-5-11-24-17/h3-8,11,18,22H,2,9-10,12-14H2,1H3. The number of fused-ring (bicyclic) bond motifs is 1. The molecule has 0 saturated carbocycles. The van der Waals surface area contributed by atoms with Gasteiger partial charge in [-0.2, -0.15) is 0 Å². The van der Waals surface area contributed by atoms with Crippen LogP contribution in [-0.2, 0) is 24.3 Å². The third-order valence-electron chi connectivity index (χ3n) is 4.65. The Balaban J connectivity index is 1.80. The summed E-state index contributed by atoms with van der Waals surface area (Å²) in [7, 11) is 0. The molecule has 1 aromatic carbocycles. The van der Waals surface area contributed by atoms with Gasteiger partial charge in [0.25, 0.3) is 0 Å². The van der Waals surface area contributed by atoms with Crippen molar-refractivity contribution in [2.75, 3.05) is 19.7 Å². The van der Waals surface area contributed by atoms with E-state index in [9.17, 15) is 9.90 Å². The number of nitrogens with zero attached hydrogens (tertiary/aromatic N) is 2. The number of benzene rings is 1. The number of aliphatic hydroxyl groups is 1. The number of rotatable bonds is 6. The smallest absolute Gasteiger partial charge is 0.240 e. The van der Waals surface area contributed by atoms with Gasteiger partial charge in [0.1, 0.15) is 5.76 Å². The third-order valence-corrected chi connectivity index (χ3v) is 4.65. The van der Waals surface area contributed by atoms with Gasteiger partial charge in [-0.1, -0.05) is 31.2 Å². The summed E-state index contributed by atoms with van der Waals surface area (Å²) in [6.45, 7) is 4.34. The van der Waals surface area contributed by atoms with Gasteiger partial charge >= 0.3 is 0 Å². The summed E-state index contributed by atoms with van der Waals surface area (Å²) in [6, 6.07) is 11.8. The Labute approximate surface area is 142 Å². The highest BCUT2D eigenvalue weighted by molar-refractivity contribution is 5.82. The minimum Gasteiger partial charge on any atom is -0.467 e. The number of hydrogen-bond acceptors (Lipinski definition) is 4. The van der Waals surface area contributed by atoms with Crippen LogP contribution in [0.3, 0.4) is 0 Å². The Bertz CT molecular complexity index is 669. The molecule has 1 amide bonds. The minimum atomic E-state index is -0.189. The normalized spacial score (nSPS) is 17.5. The van der Waals surface area contributed by atoms with Crippen molar-refractivity contribution in [2.24, 2.45) is 0 Å². The largest absolute Gasteiger partial charge is 0.467 e. The Morgan fingerprint density at radius 1 is 1.29 bits per heavy atom. The highest BCUT2D eigenvalue weighted by Crippen LogP contribution is 2.24. The van der Waals surface area contributed by atoms with Crippen LogP contribution in [0.4, 0.5) is 0 Å². The zero-order valence-electron chi connectivity index (χ0n) is 14.0. The van der Waals surface area contributed by atoms with Gasteiger partial charge in [0, 0.05) is 13.1 Å². The molecule has 2 aromatic rings. The van der Waals surface area contributed by atoms with Gasteiger partial charge < -0.3 is 14.4 Å². The summed E-state index contributed by atoms with van der Waals surface area (Å²) >= 11 is 0. The van der Waals surface area contributed by atoms with E-state index in [-0.39, 0.29) is 18.6 Å². The SMILES string of the molecule is CCN1Cc2ccccc2CC1C(=O)N(CCO)Cc1ccco1. The van der Waals surface area contributed by atoms with E-state index in [0.717, 1.165) is 18.8 Å². The van der Waals surface area contributed by atoms with Crippen molar-refractivity contribution in [3.05, 3.63) is 59.5 Å². The summed E-state index contributed by atoms with van der Waals surface area (Å²) in [4.78, 5) is 17.0. The van der Waals surface area contributed by atoms with E-state index in [1.54, 1.807) is 11.2 Å². The van der Waals surface area contributed by atoms with Gasteiger partial charge in [0.2, 0.25) is 5.91 Å². The number of aliphatic hydroxyl groups excluding tert-OH is 1. The molecule has 1 unspecified atom stereocenters. The van der Waals surface area contributed by atoms with Crippen molar-refractivity contribution < 1.29 is 14.3 Å². The fourth-order valence-corrected chi connectivity index (χ4v) is 3.34. The first-order valence-corrected chi connectivity index (χ1v) is 8.45. The van der Waals surface area contributed by atoms with Crippen LogP contribution in [0, 0.1) is 0 Å². The second-order valence-corrected chi connectivity index (χ2v) is 6.11. The summed E-state index contributed by atoms with van der Waals surface area (Å²) in [5.41, 5.74) is 2.53. The predicted molar refractivity (Wildman–Crippen MR) is 91.2 cm³/mol. The Kier molecular flexibility index (Phi) is 5.33. The Morgan fingerprint density at radius 3 is 2.75 bits per heavy atom. The van der Waals surface area contributed by atoms with Gasteiger partial charge in [0.05, 0.1) is 25.5 Å². The van der Waals surface area contributed by atoms with Gasteiger partial charge in [-0.15, -0.1) is 0 Å². The van der Waals surface area contributed by atoms with Gasteiger partial charge in [-0.3, -0.25) is 9.69 Å². The highest BCUT2D eigenvalue weighted by atomic mass is 16.3. The van der Waals surface area contributed by atoms with Crippen LogP contribution in [0.5, 0.6) is 0 Å². The number of carbonyl (C=O) groups is 1. The molecule has 1 aromatic heterocycles. The second-order valence-electron chi connectivity index (χ2n) is 6.11. The maximum Gasteiger partial charge on any atom is 0.240 e. The molecule has 1 atom stereocenters. The molecule has 3 rings (SSSR count). The zero-order chi connectivity index (χ0) is 16.9. The van der Waals surface area contributed by atoms with Crippen molar-refractivity contribution in [1.82, 2.24) is 9.80 Å². The minimum absolute atomic E-state index is 0.0526. The molecule has 24 heavy (non-hydrogen) atoms. The molecule has 5 heteroatoms. The maximum absolute atomic E-state index is 13.1. The topological polar surface area (TPSA) is 56.9 Å². The van der Waals surface area contributed by atoms with Crippen LogP contribution in [0.1, 0.15) is 23.8 Å². The lowest BCUT2D eigenvalue weighted by Gasteiger charge is -2.37. The lowest BCUT2D eigenvalue weighted by molar-refractivity contribution is -0.139. The number of likely N-dealkylation sites (N-methyl/N-ethyl adjacent to an activating group) is 1. The van der Waals surface area contributed by atoms with E-state index >= 15 is 0 Å². The molecule has 0 aliphatic carbocycles. The number of furan rings is 1. The molecule has 1 aliphatic rings. The molecular weight excluding hydrogens is 304 g/mol. The highest BCUT2D eigenvalue weighted by Gasteiger charge is 2.33. The van der Waals surface area contributed by atoms with Crippen LogP contribution in [0.15, 0.2) is 47.1 Å². The van der Waals surface area contributed by atoms with Gasteiger partial charge in [0.15, 0.2) is 0 Å². The van der Waals surface area contributed by atoms with Crippen LogP contribution < -0.4 is 0 Å². The molecule has 1 N–H and O–H groups in total. The molecule has 0 bridgehead atoms. The first kappa shape index (κ1) is 16.7. The Morgan fingerprint density at radius 2 is 2.08 bits per heavy atom. The molecule has 0 saturated heterocycles. The third kappa shape index (κ3) is 3.52. The summed E-state index contributed by atoms with van der Waals surface area (Å²) in [5.74, 6) is 0.785. The molecule has 128 valence electrons. The first-order valence-electron chi connectivity index (χ1n) is 8.45. The zero-order valence-corrected chi connectivity index (χ0v) is 14.0. The predicted octanol–water partition coefficient (Wildman–Crippen LogP) is 2.05. The maximum atomic E-state index is 13.1. The molecule has 0 spiro atoms. The quantitative estimate of drug-likeness (QED) is 0.882. The van der Waals surface area contributed by atoms with E-state index in [1.165, 1.54) is 11.1 Å². The van der Waals surface area contributed by atoms with Crippen LogP contribution in [0.25, 0.3) is 0 Å². The Hall–Kier alpha value is -2.11. The summed E-state index contributed by atoms with van der Waals surface area (Å²) in [6.07, 6.45) is 2.31. The lowest BCUT2D eigenvalue weighted by Crippen LogP contribution is -2.51. The summed E-state index contributed by atoms with van der Waals surface area (Å²) in [5, 5.41) is 9.36. The fraction of sp³-hybridized carbons (Fsp3) is 0.421. The number of hydrogen-bond donors (Lipinski definition) is 1. The van der Waals surface area contributed by atoms with Crippen LogP contribution in [-0.4, -0.2) is 46.6 Å². The van der Waals surface area contributed by atoms with E-state index in [2.05, 4.69) is 24.0 Å². The van der Waals surface area contributed by atoms with E-state index in [4.69, 9.17) is 4.42 Å². The van der Waals surface area contributed by atoms with Gasteiger partial charge in [-0.25, -0.2) is 0 Å². The van der Waals surface area contributed by atoms with Crippen molar-refractivity contribution >= 4 is 5.91 Å². The summed E-state index contributed by atoms with van der Waals surface area (Å²) < 4.78 is 5.37. The molecule has 5 nitrogen and oxygen atoms in total. The van der Waals surface area contributed by atoms with Crippen LogP contribution >= 0.6 is 0 Å². The average molecular weight is 328 g/mol. The monoisotopic (exact) mass is 328 g/mol. The molecule has 0 fully saturated rings.